The number of aliphatic hydroxyl groups is 1. The van der Waals surface area contributed by atoms with Gasteiger partial charge in [-0.15, -0.1) is 0 Å². The maximum Gasteiger partial charge on any atom is 0.227 e. The van der Waals surface area contributed by atoms with Crippen molar-refractivity contribution >= 4 is 11.8 Å². The third-order valence-corrected chi connectivity index (χ3v) is 5.22. The molecule has 1 heterocycles. The second-order valence-electron chi connectivity index (χ2n) is 8.17. The molecule has 1 aliphatic heterocycles. The van der Waals surface area contributed by atoms with Gasteiger partial charge in [0.15, 0.2) is 0 Å². The normalized spacial score (nSPS) is 22.2. The van der Waals surface area contributed by atoms with Crippen LogP contribution in [0.4, 0.5) is 0 Å². The van der Waals surface area contributed by atoms with Crippen LogP contribution in [0.1, 0.15) is 59.3 Å². The van der Waals surface area contributed by atoms with E-state index in [0.29, 0.717) is 38.4 Å². The fourth-order valence-electron chi connectivity index (χ4n) is 3.68. The summed E-state index contributed by atoms with van der Waals surface area (Å²) < 4.78 is 0. The monoisotopic (exact) mass is 324 g/mol. The molecule has 0 spiro atoms. The van der Waals surface area contributed by atoms with Gasteiger partial charge in [-0.2, -0.15) is 0 Å². The lowest BCUT2D eigenvalue weighted by Gasteiger charge is -2.35. The Morgan fingerprint density at radius 1 is 1.13 bits per heavy atom. The fraction of sp³-hybridized carbons (Fsp3) is 0.889. The average Bonchev–Trinajstić information content (AvgIpc) is 3.05. The van der Waals surface area contributed by atoms with Crippen LogP contribution in [-0.2, 0) is 9.59 Å². The molecule has 2 aliphatic rings. The first kappa shape index (κ1) is 18.2. The van der Waals surface area contributed by atoms with E-state index in [-0.39, 0.29) is 23.1 Å². The Morgan fingerprint density at radius 2 is 1.70 bits per heavy atom. The summed E-state index contributed by atoms with van der Waals surface area (Å²) in [7, 11) is 0. The lowest BCUT2D eigenvalue weighted by Crippen LogP contribution is -2.47. The smallest absolute Gasteiger partial charge is 0.227 e. The number of nitrogens with one attached hydrogen (secondary N) is 1. The van der Waals surface area contributed by atoms with E-state index in [4.69, 9.17) is 0 Å². The predicted molar refractivity (Wildman–Crippen MR) is 89.7 cm³/mol. The van der Waals surface area contributed by atoms with Crippen LogP contribution in [0, 0.1) is 17.3 Å². The maximum absolute atomic E-state index is 12.3. The van der Waals surface area contributed by atoms with E-state index in [2.05, 4.69) is 5.32 Å². The third kappa shape index (κ3) is 4.93. The molecule has 2 N–H and O–H groups in total. The van der Waals surface area contributed by atoms with Crippen LogP contribution in [0.5, 0.6) is 0 Å². The zero-order valence-corrected chi connectivity index (χ0v) is 14.8. The molecule has 1 saturated heterocycles. The zero-order chi connectivity index (χ0) is 17.0. The number of amides is 2. The summed E-state index contributed by atoms with van der Waals surface area (Å²) in [5.41, 5.74) is -0.361. The quantitative estimate of drug-likeness (QED) is 0.830. The molecule has 1 atom stereocenters. The number of likely N-dealkylation sites (tertiary alicyclic amines) is 1. The van der Waals surface area contributed by atoms with Crippen LogP contribution in [0.2, 0.25) is 0 Å². The summed E-state index contributed by atoms with van der Waals surface area (Å²) in [6.07, 6.45) is 5.55. The van der Waals surface area contributed by atoms with Crippen LogP contribution >= 0.6 is 0 Å². The third-order valence-electron chi connectivity index (χ3n) is 5.22. The number of piperidine rings is 1. The van der Waals surface area contributed by atoms with Gasteiger partial charge in [0.1, 0.15) is 0 Å². The fourth-order valence-corrected chi connectivity index (χ4v) is 3.68. The highest BCUT2D eigenvalue weighted by Gasteiger charge is 2.32. The predicted octanol–water partition coefficient (Wildman–Crippen LogP) is 1.94. The van der Waals surface area contributed by atoms with Crippen LogP contribution in [0.25, 0.3) is 0 Å². The lowest BCUT2D eigenvalue weighted by atomic mass is 9.90. The number of carbonyl (C=O) groups is 2. The largest absolute Gasteiger partial charge is 0.391 e. The van der Waals surface area contributed by atoms with Crippen molar-refractivity contribution in [3.05, 3.63) is 0 Å². The van der Waals surface area contributed by atoms with Crippen molar-refractivity contribution in [3.8, 4) is 0 Å². The van der Waals surface area contributed by atoms with Gasteiger partial charge in [0, 0.05) is 31.0 Å². The van der Waals surface area contributed by atoms with E-state index >= 15 is 0 Å². The molecule has 0 aromatic carbocycles. The number of carbonyl (C=O) groups excluding carboxylic acids is 2. The van der Waals surface area contributed by atoms with Gasteiger partial charge in [-0.3, -0.25) is 9.59 Å². The van der Waals surface area contributed by atoms with Crippen molar-refractivity contribution in [3.63, 3.8) is 0 Å². The molecule has 5 nitrogen and oxygen atoms in total. The van der Waals surface area contributed by atoms with Crippen molar-refractivity contribution < 1.29 is 14.7 Å². The van der Waals surface area contributed by atoms with E-state index in [1.165, 1.54) is 12.8 Å². The first-order valence-corrected chi connectivity index (χ1v) is 9.04. The molecule has 1 unspecified atom stereocenters. The van der Waals surface area contributed by atoms with Gasteiger partial charge in [-0.25, -0.2) is 0 Å². The summed E-state index contributed by atoms with van der Waals surface area (Å²) in [6, 6.07) is 0. The molecular weight excluding hydrogens is 292 g/mol. The molecule has 5 heteroatoms. The Bertz CT molecular complexity index is 416. The van der Waals surface area contributed by atoms with Gasteiger partial charge >= 0.3 is 0 Å². The van der Waals surface area contributed by atoms with Crippen molar-refractivity contribution in [2.45, 2.75) is 65.4 Å². The Balaban J connectivity index is 1.72. The molecule has 2 fully saturated rings. The number of rotatable bonds is 4. The van der Waals surface area contributed by atoms with Crippen molar-refractivity contribution in [2.75, 3.05) is 19.6 Å². The van der Waals surface area contributed by atoms with Gasteiger partial charge in [0.2, 0.25) is 11.8 Å². The second kappa shape index (κ2) is 7.65. The minimum absolute atomic E-state index is 0.0323. The Kier molecular flexibility index (Phi) is 6.06. The first-order valence-electron chi connectivity index (χ1n) is 9.04. The topological polar surface area (TPSA) is 69.6 Å². The van der Waals surface area contributed by atoms with Crippen molar-refractivity contribution in [1.82, 2.24) is 10.2 Å². The molecule has 1 saturated carbocycles. The summed E-state index contributed by atoms with van der Waals surface area (Å²) in [5.74, 6) is 0.509. The van der Waals surface area contributed by atoms with Gasteiger partial charge in [-0.1, -0.05) is 33.6 Å². The van der Waals surface area contributed by atoms with Crippen LogP contribution < -0.4 is 5.32 Å². The molecule has 0 aromatic heterocycles. The van der Waals surface area contributed by atoms with E-state index in [1.54, 1.807) is 0 Å². The number of hydrogen-bond acceptors (Lipinski definition) is 3. The van der Waals surface area contributed by atoms with Gasteiger partial charge < -0.3 is 15.3 Å². The first-order chi connectivity index (χ1) is 10.8. The summed E-state index contributed by atoms with van der Waals surface area (Å²) >= 11 is 0. The van der Waals surface area contributed by atoms with Gasteiger partial charge in [0.05, 0.1) is 6.10 Å². The Morgan fingerprint density at radius 3 is 2.22 bits per heavy atom. The Hall–Kier alpha value is -1.10. The van der Waals surface area contributed by atoms with Crippen LogP contribution in [0.3, 0.4) is 0 Å². The average molecular weight is 324 g/mol. The van der Waals surface area contributed by atoms with Crippen molar-refractivity contribution in [1.29, 1.82) is 0 Å². The highest BCUT2D eigenvalue weighted by Crippen LogP contribution is 2.27. The minimum Gasteiger partial charge on any atom is -0.391 e. The zero-order valence-electron chi connectivity index (χ0n) is 14.8. The molecule has 1 aliphatic carbocycles. The molecule has 132 valence electrons. The van der Waals surface area contributed by atoms with Crippen LogP contribution in [0.15, 0.2) is 0 Å². The molecule has 0 aromatic rings. The van der Waals surface area contributed by atoms with E-state index in [0.717, 1.165) is 12.8 Å². The second-order valence-corrected chi connectivity index (χ2v) is 8.17. The van der Waals surface area contributed by atoms with E-state index in [1.807, 2.05) is 25.7 Å². The molecule has 0 bridgehead atoms. The summed E-state index contributed by atoms with van der Waals surface area (Å²) in [5, 5.41) is 13.0. The number of aliphatic hydroxyl groups excluding tert-OH is 1. The highest BCUT2D eigenvalue weighted by atomic mass is 16.3. The highest BCUT2D eigenvalue weighted by molar-refractivity contribution is 5.82. The standard InChI is InChI=1S/C18H32N2O3/c1-18(2,3)17(23)20-10-8-14(9-11-20)16(22)19-12-15(21)13-6-4-5-7-13/h13-15,21H,4-12H2,1-3H3,(H,19,22). The van der Waals surface area contributed by atoms with Gasteiger partial charge in [-0.05, 0) is 31.6 Å². The van der Waals surface area contributed by atoms with Crippen LogP contribution in [-0.4, -0.2) is 47.6 Å². The number of nitrogens with zero attached hydrogens (tertiary/aromatic N) is 1. The van der Waals surface area contributed by atoms with E-state index < -0.39 is 6.10 Å². The summed E-state index contributed by atoms with van der Waals surface area (Å²) in [6.45, 7) is 7.46. The molecule has 2 amide bonds. The Labute approximate surface area is 139 Å². The minimum atomic E-state index is -0.413. The van der Waals surface area contributed by atoms with Gasteiger partial charge in [0.25, 0.3) is 0 Å². The maximum atomic E-state index is 12.3. The molecule has 23 heavy (non-hydrogen) atoms. The van der Waals surface area contributed by atoms with E-state index in [9.17, 15) is 14.7 Å². The lowest BCUT2D eigenvalue weighted by molar-refractivity contribution is -0.142. The molecule has 2 rings (SSSR count). The van der Waals surface area contributed by atoms with Crippen molar-refractivity contribution in [2.24, 2.45) is 17.3 Å². The molecule has 0 radical (unpaired) electrons. The number of hydrogen-bond donors (Lipinski definition) is 2. The summed E-state index contributed by atoms with van der Waals surface area (Å²) in [4.78, 5) is 26.4. The molecular formula is C18H32N2O3. The SMILES string of the molecule is CC(C)(C)C(=O)N1CCC(C(=O)NCC(O)C2CCCC2)CC1.